The molecular formula is C19H20FN3O2S. The summed E-state index contributed by atoms with van der Waals surface area (Å²) in [4.78, 5) is 31.6. The molecule has 2 unspecified atom stereocenters. The Hall–Kier alpha value is -2.28. The van der Waals surface area contributed by atoms with Gasteiger partial charge in [0.25, 0.3) is 5.91 Å². The number of amides is 2. The Balaban J connectivity index is 1.50. The van der Waals surface area contributed by atoms with Crippen LogP contribution in [0.3, 0.4) is 0 Å². The predicted molar refractivity (Wildman–Crippen MR) is 96.5 cm³/mol. The molecule has 0 spiro atoms. The zero-order valence-corrected chi connectivity index (χ0v) is 15.1. The van der Waals surface area contributed by atoms with E-state index in [1.807, 2.05) is 0 Å². The van der Waals surface area contributed by atoms with Crippen molar-refractivity contribution in [2.75, 3.05) is 6.54 Å². The van der Waals surface area contributed by atoms with E-state index in [2.05, 4.69) is 10.3 Å². The van der Waals surface area contributed by atoms with Gasteiger partial charge in [-0.15, -0.1) is 11.3 Å². The molecule has 5 nitrogen and oxygen atoms in total. The lowest BCUT2D eigenvalue weighted by atomic mass is 9.87. The molecule has 26 heavy (non-hydrogen) atoms. The van der Waals surface area contributed by atoms with E-state index in [4.69, 9.17) is 0 Å². The van der Waals surface area contributed by atoms with E-state index in [1.165, 1.54) is 23.5 Å². The maximum Gasteiger partial charge on any atom is 0.266 e. The summed E-state index contributed by atoms with van der Waals surface area (Å²) in [6, 6.07) is 6.44. The fourth-order valence-corrected chi connectivity index (χ4v) is 4.72. The first kappa shape index (κ1) is 17.1. The number of benzene rings is 1. The number of aromatic nitrogens is 1. The van der Waals surface area contributed by atoms with Crippen LogP contribution in [0.25, 0.3) is 0 Å². The maximum absolute atomic E-state index is 13.0. The molecule has 2 aliphatic rings. The molecule has 2 fully saturated rings. The van der Waals surface area contributed by atoms with E-state index < -0.39 is 0 Å². The van der Waals surface area contributed by atoms with Crippen LogP contribution in [0.4, 0.5) is 4.39 Å². The topological polar surface area (TPSA) is 62.3 Å². The first-order valence-electron chi connectivity index (χ1n) is 8.89. The summed E-state index contributed by atoms with van der Waals surface area (Å²) in [7, 11) is 0. The number of fused-ring (bicyclic) bond motifs is 1. The van der Waals surface area contributed by atoms with Gasteiger partial charge in [0.1, 0.15) is 17.2 Å². The van der Waals surface area contributed by atoms with Gasteiger partial charge < -0.3 is 10.2 Å². The van der Waals surface area contributed by atoms with E-state index in [-0.39, 0.29) is 36.3 Å². The first-order chi connectivity index (χ1) is 12.6. The lowest BCUT2D eigenvalue weighted by molar-refractivity contribution is -0.127. The number of halogens is 1. The third-order valence-corrected chi connectivity index (χ3v) is 6.07. The summed E-state index contributed by atoms with van der Waals surface area (Å²) < 4.78 is 13.0. The highest BCUT2D eigenvalue weighted by Gasteiger charge is 2.39. The molecular weight excluding hydrogens is 353 g/mol. The lowest BCUT2D eigenvalue weighted by Gasteiger charge is -2.43. The fraction of sp³-hybridized carbons (Fsp3) is 0.421. The molecule has 0 bridgehead atoms. The van der Waals surface area contributed by atoms with Crippen molar-refractivity contribution in [3.8, 4) is 0 Å². The van der Waals surface area contributed by atoms with Gasteiger partial charge in [0.2, 0.25) is 5.91 Å². The van der Waals surface area contributed by atoms with Gasteiger partial charge in [-0.3, -0.25) is 9.59 Å². The van der Waals surface area contributed by atoms with Crippen LogP contribution in [0.2, 0.25) is 0 Å². The molecule has 136 valence electrons. The van der Waals surface area contributed by atoms with Crippen LogP contribution < -0.4 is 5.32 Å². The molecule has 2 amide bonds. The van der Waals surface area contributed by atoms with Crippen molar-refractivity contribution in [2.45, 2.75) is 44.2 Å². The molecule has 2 aromatic rings. The normalized spacial score (nSPS) is 22.7. The monoisotopic (exact) mass is 373 g/mol. The SMILES string of the molecule is O=C1CN(C(=O)c2cnc(Cc3ccc(F)cc3)s2)C2CCCCC2N1. The molecule has 1 aliphatic heterocycles. The highest BCUT2D eigenvalue weighted by molar-refractivity contribution is 7.13. The summed E-state index contributed by atoms with van der Waals surface area (Å²) in [5.74, 6) is -0.466. The molecule has 7 heteroatoms. The van der Waals surface area contributed by atoms with E-state index >= 15 is 0 Å². The number of carbonyl (C=O) groups excluding carboxylic acids is 2. The average molecular weight is 373 g/mol. The Kier molecular flexibility index (Phi) is 4.72. The second-order valence-corrected chi connectivity index (χ2v) is 8.00. The summed E-state index contributed by atoms with van der Waals surface area (Å²) in [6.45, 7) is 0.116. The summed E-state index contributed by atoms with van der Waals surface area (Å²) in [5.41, 5.74) is 0.949. The van der Waals surface area contributed by atoms with Gasteiger partial charge in [-0.2, -0.15) is 0 Å². The van der Waals surface area contributed by atoms with Crippen LogP contribution in [0, 0.1) is 5.82 Å². The number of nitrogens with zero attached hydrogens (tertiary/aromatic N) is 2. The predicted octanol–water partition coefficient (Wildman–Crippen LogP) is 2.76. The number of rotatable bonds is 3. The number of thiazole rings is 1. The van der Waals surface area contributed by atoms with Crippen molar-refractivity contribution < 1.29 is 14.0 Å². The average Bonchev–Trinajstić information content (AvgIpc) is 3.11. The van der Waals surface area contributed by atoms with Gasteiger partial charge in [0.15, 0.2) is 0 Å². The van der Waals surface area contributed by atoms with Crippen LogP contribution in [0.15, 0.2) is 30.5 Å². The maximum atomic E-state index is 13.0. The van der Waals surface area contributed by atoms with E-state index in [0.717, 1.165) is 36.3 Å². The summed E-state index contributed by atoms with van der Waals surface area (Å²) in [6.07, 6.45) is 6.18. The van der Waals surface area contributed by atoms with Crippen molar-refractivity contribution >= 4 is 23.2 Å². The molecule has 1 saturated heterocycles. The standard InChI is InChI=1S/C19H20FN3O2S/c20-13-7-5-12(6-8-13)9-18-21-10-16(26-18)19(25)23-11-17(24)22-14-3-1-2-4-15(14)23/h5-8,10,14-15H,1-4,9,11H2,(H,22,24). The minimum atomic E-state index is -0.269. The number of hydrogen-bond acceptors (Lipinski definition) is 4. The molecule has 1 N–H and O–H groups in total. The number of piperazine rings is 1. The molecule has 4 rings (SSSR count). The Bertz CT molecular complexity index is 820. The molecule has 2 heterocycles. The van der Waals surface area contributed by atoms with Gasteiger partial charge in [-0.1, -0.05) is 25.0 Å². The van der Waals surface area contributed by atoms with Gasteiger partial charge >= 0.3 is 0 Å². The van der Waals surface area contributed by atoms with Crippen LogP contribution >= 0.6 is 11.3 Å². The van der Waals surface area contributed by atoms with Crippen molar-refractivity contribution in [3.05, 3.63) is 51.7 Å². The third-order valence-electron chi connectivity index (χ3n) is 5.08. The fourth-order valence-electron chi connectivity index (χ4n) is 3.81. The van der Waals surface area contributed by atoms with Crippen molar-refractivity contribution in [1.29, 1.82) is 0 Å². The summed E-state index contributed by atoms with van der Waals surface area (Å²) in [5, 5.41) is 3.83. The highest BCUT2D eigenvalue weighted by atomic mass is 32.1. The lowest BCUT2D eigenvalue weighted by Crippen LogP contribution is -2.62. The molecule has 1 aromatic heterocycles. The molecule has 2 atom stereocenters. The first-order valence-corrected chi connectivity index (χ1v) is 9.71. The second-order valence-electron chi connectivity index (χ2n) is 6.88. The Morgan fingerprint density at radius 1 is 1.27 bits per heavy atom. The van der Waals surface area contributed by atoms with Gasteiger partial charge in [0.05, 0.1) is 17.2 Å². The molecule has 1 aromatic carbocycles. The zero-order chi connectivity index (χ0) is 18.1. The Labute approximate surface area is 155 Å². The van der Waals surface area contributed by atoms with Crippen molar-refractivity contribution in [1.82, 2.24) is 15.2 Å². The van der Waals surface area contributed by atoms with Crippen LogP contribution in [0.5, 0.6) is 0 Å². The van der Waals surface area contributed by atoms with Crippen LogP contribution in [-0.4, -0.2) is 40.3 Å². The smallest absolute Gasteiger partial charge is 0.266 e. The largest absolute Gasteiger partial charge is 0.350 e. The van der Waals surface area contributed by atoms with Gasteiger partial charge in [-0.05, 0) is 30.5 Å². The molecule has 0 radical (unpaired) electrons. The second kappa shape index (κ2) is 7.15. The van der Waals surface area contributed by atoms with Crippen molar-refractivity contribution in [2.24, 2.45) is 0 Å². The van der Waals surface area contributed by atoms with Crippen LogP contribution in [0.1, 0.15) is 45.9 Å². The third kappa shape index (κ3) is 3.49. The van der Waals surface area contributed by atoms with E-state index in [9.17, 15) is 14.0 Å². The van der Waals surface area contributed by atoms with Gasteiger partial charge in [0, 0.05) is 12.5 Å². The Morgan fingerprint density at radius 3 is 2.85 bits per heavy atom. The van der Waals surface area contributed by atoms with E-state index in [1.54, 1.807) is 23.2 Å². The number of hydrogen-bond donors (Lipinski definition) is 1. The van der Waals surface area contributed by atoms with Crippen molar-refractivity contribution in [3.63, 3.8) is 0 Å². The summed E-state index contributed by atoms with van der Waals surface area (Å²) >= 11 is 1.35. The quantitative estimate of drug-likeness (QED) is 0.900. The Morgan fingerprint density at radius 2 is 2.04 bits per heavy atom. The minimum absolute atomic E-state index is 0.0700. The van der Waals surface area contributed by atoms with Gasteiger partial charge in [-0.25, -0.2) is 9.37 Å². The number of carbonyl (C=O) groups is 2. The minimum Gasteiger partial charge on any atom is -0.350 e. The van der Waals surface area contributed by atoms with Crippen LogP contribution in [-0.2, 0) is 11.2 Å². The van der Waals surface area contributed by atoms with E-state index in [0.29, 0.717) is 11.3 Å². The highest BCUT2D eigenvalue weighted by Crippen LogP contribution is 2.28. The number of nitrogens with one attached hydrogen (secondary N) is 1. The zero-order valence-electron chi connectivity index (χ0n) is 14.3. The molecule has 1 aliphatic carbocycles. The molecule has 1 saturated carbocycles.